The fourth-order valence-corrected chi connectivity index (χ4v) is 4.88. The summed E-state index contributed by atoms with van der Waals surface area (Å²) in [5.41, 5.74) is 2.46. The minimum atomic E-state index is -0.824. The van der Waals surface area contributed by atoms with Crippen LogP contribution in [0.3, 0.4) is 0 Å². The summed E-state index contributed by atoms with van der Waals surface area (Å²) in [6.45, 7) is 4.42. The van der Waals surface area contributed by atoms with Gasteiger partial charge < -0.3 is 15.5 Å². The molecule has 1 amide bonds. The van der Waals surface area contributed by atoms with Crippen molar-refractivity contribution in [3.8, 4) is 0 Å². The van der Waals surface area contributed by atoms with Crippen molar-refractivity contribution in [1.29, 1.82) is 0 Å². The van der Waals surface area contributed by atoms with Gasteiger partial charge in [0.25, 0.3) is 0 Å². The van der Waals surface area contributed by atoms with E-state index in [-0.39, 0.29) is 5.91 Å². The molecule has 35 heavy (non-hydrogen) atoms. The molecule has 1 aliphatic heterocycles. The summed E-state index contributed by atoms with van der Waals surface area (Å²) < 4.78 is 1.78. The Labute approximate surface area is 207 Å². The number of carbonyl (C=O) groups is 1. The van der Waals surface area contributed by atoms with Gasteiger partial charge in [-0.15, -0.1) is 5.10 Å². The van der Waals surface area contributed by atoms with E-state index in [0.29, 0.717) is 53.0 Å². The molecule has 4 aromatic heterocycles. The van der Waals surface area contributed by atoms with Crippen molar-refractivity contribution in [3.63, 3.8) is 0 Å². The van der Waals surface area contributed by atoms with Crippen LogP contribution < -0.4 is 15.5 Å². The summed E-state index contributed by atoms with van der Waals surface area (Å²) in [7, 11) is 0. The third-order valence-corrected chi connectivity index (χ3v) is 7.12. The van der Waals surface area contributed by atoms with E-state index in [1.807, 2.05) is 43.1 Å². The van der Waals surface area contributed by atoms with Crippen LogP contribution in [0.25, 0.3) is 5.52 Å². The Morgan fingerprint density at radius 3 is 2.91 bits per heavy atom. The molecule has 1 aliphatic carbocycles. The Morgan fingerprint density at radius 2 is 2.11 bits per heavy atom. The molecule has 1 atom stereocenters. The highest BCUT2D eigenvalue weighted by Crippen LogP contribution is 2.40. The zero-order valence-corrected chi connectivity index (χ0v) is 20.3. The molecule has 2 fully saturated rings. The summed E-state index contributed by atoms with van der Waals surface area (Å²) in [6.07, 6.45) is 5.80. The van der Waals surface area contributed by atoms with Crippen LogP contribution in [0.4, 0.5) is 23.3 Å². The molecule has 0 unspecified atom stereocenters. The molecule has 10 nitrogen and oxygen atoms in total. The van der Waals surface area contributed by atoms with Crippen LogP contribution in [0.15, 0.2) is 36.5 Å². The Hall–Kier alpha value is -3.66. The van der Waals surface area contributed by atoms with Gasteiger partial charge in [-0.25, -0.2) is 9.50 Å². The fourth-order valence-electron chi connectivity index (χ4n) is 4.69. The number of amides is 1. The highest BCUT2D eigenvalue weighted by molar-refractivity contribution is 6.29. The number of rotatable bonds is 6. The van der Waals surface area contributed by atoms with E-state index in [9.17, 15) is 4.79 Å². The summed E-state index contributed by atoms with van der Waals surface area (Å²) in [6, 6.07) is 9.35. The number of hydrogen-bond acceptors (Lipinski definition) is 7. The number of aromatic nitrogens is 6. The molecule has 5 heterocycles. The van der Waals surface area contributed by atoms with Crippen molar-refractivity contribution >= 4 is 46.3 Å². The number of H-pyrrole nitrogens is 1. The normalized spacial score (nSPS) is 19.9. The predicted molar refractivity (Wildman–Crippen MR) is 134 cm³/mol. The molecule has 180 valence electrons. The van der Waals surface area contributed by atoms with E-state index in [1.54, 1.807) is 16.6 Å². The van der Waals surface area contributed by atoms with Crippen LogP contribution in [0.2, 0.25) is 5.15 Å². The third-order valence-electron chi connectivity index (χ3n) is 6.91. The Kier molecular flexibility index (Phi) is 5.14. The maximum absolute atomic E-state index is 13.5. The minimum Gasteiger partial charge on any atom is -0.325 e. The molecule has 2 aliphatic rings. The van der Waals surface area contributed by atoms with Gasteiger partial charge in [0.1, 0.15) is 16.2 Å². The Bertz CT molecular complexity index is 1430. The van der Waals surface area contributed by atoms with Gasteiger partial charge in [0.2, 0.25) is 11.9 Å². The Balaban J connectivity index is 1.31. The lowest BCUT2D eigenvalue weighted by atomic mass is 9.97. The van der Waals surface area contributed by atoms with Crippen LogP contribution in [-0.4, -0.2) is 47.8 Å². The Morgan fingerprint density at radius 1 is 1.26 bits per heavy atom. The summed E-state index contributed by atoms with van der Waals surface area (Å²) in [4.78, 5) is 24.6. The molecular weight excluding hydrogens is 466 g/mol. The summed E-state index contributed by atoms with van der Waals surface area (Å²) >= 11 is 5.98. The summed E-state index contributed by atoms with van der Waals surface area (Å²) in [5, 5.41) is 19.0. The summed E-state index contributed by atoms with van der Waals surface area (Å²) in [5.74, 6) is 2.29. The van der Waals surface area contributed by atoms with Crippen molar-refractivity contribution < 1.29 is 4.79 Å². The number of nitrogens with zero attached hydrogens (tertiary/aromatic N) is 6. The first-order chi connectivity index (χ1) is 16.9. The third kappa shape index (κ3) is 3.97. The van der Waals surface area contributed by atoms with Gasteiger partial charge in [0.05, 0.1) is 11.4 Å². The standard InChI is InChI=1S/C24H26ClN9O/c1-14-16(8-9-19(25)26-14)27-22(35)24(2)10-4-11-33(24)23-29-21(18-5-3-12-34(18)32-23)28-20-13-17(30-31-20)15-6-7-15/h3,5,8-9,12-13,15H,4,6-7,10-11H2,1-2H3,(H,27,35)(H2,28,29,30,31,32)/t24-/m0/s1. The van der Waals surface area contributed by atoms with Gasteiger partial charge in [0.15, 0.2) is 11.6 Å². The van der Waals surface area contributed by atoms with Crippen molar-refractivity contribution in [2.24, 2.45) is 0 Å². The van der Waals surface area contributed by atoms with Gasteiger partial charge in [-0.2, -0.15) is 10.1 Å². The zero-order valence-electron chi connectivity index (χ0n) is 19.5. The minimum absolute atomic E-state index is 0.130. The number of nitrogens with one attached hydrogen (secondary N) is 3. The molecule has 4 aromatic rings. The molecule has 1 saturated heterocycles. The smallest absolute Gasteiger partial charge is 0.250 e. The highest BCUT2D eigenvalue weighted by atomic mass is 35.5. The largest absolute Gasteiger partial charge is 0.325 e. The zero-order chi connectivity index (χ0) is 24.2. The monoisotopic (exact) mass is 491 g/mol. The average molecular weight is 492 g/mol. The maximum Gasteiger partial charge on any atom is 0.250 e. The first kappa shape index (κ1) is 21.8. The van der Waals surface area contributed by atoms with Gasteiger partial charge in [-0.3, -0.25) is 9.89 Å². The van der Waals surface area contributed by atoms with Crippen molar-refractivity contribution in [2.45, 2.75) is 51.0 Å². The molecule has 0 aromatic carbocycles. The van der Waals surface area contributed by atoms with Crippen LogP contribution in [0.1, 0.15) is 49.9 Å². The van der Waals surface area contributed by atoms with Crippen molar-refractivity contribution in [1.82, 2.24) is 29.8 Å². The number of aryl methyl sites for hydroxylation is 1. The number of aromatic amines is 1. The molecule has 0 spiro atoms. The van der Waals surface area contributed by atoms with Crippen LogP contribution >= 0.6 is 11.6 Å². The van der Waals surface area contributed by atoms with E-state index in [4.69, 9.17) is 21.7 Å². The molecule has 3 N–H and O–H groups in total. The van der Waals surface area contributed by atoms with Gasteiger partial charge in [-0.1, -0.05) is 11.6 Å². The topological polar surface area (TPSA) is 116 Å². The van der Waals surface area contributed by atoms with Crippen molar-refractivity contribution in [2.75, 3.05) is 22.1 Å². The lowest BCUT2D eigenvalue weighted by molar-refractivity contribution is -0.120. The number of anilines is 4. The first-order valence-corrected chi connectivity index (χ1v) is 12.2. The van der Waals surface area contributed by atoms with E-state index in [1.165, 1.54) is 12.8 Å². The number of halogens is 1. The molecular formula is C24H26ClN9O. The second-order valence-electron chi connectivity index (χ2n) is 9.46. The van der Waals surface area contributed by atoms with E-state index in [0.717, 1.165) is 17.6 Å². The molecule has 0 radical (unpaired) electrons. The van der Waals surface area contributed by atoms with Crippen LogP contribution in [0.5, 0.6) is 0 Å². The average Bonchev–Trinajstić information content (AvgIpc) is 3.19. The van der Waals surface area contributed by atoms with E-state index < -0.39 is 5.54 Å². The van der Waals surface area contributed by atoms with Crippen LogP contribution in [-0.2, 0) is 4.79 Å². The second kappa shape index (κ2) is 8.23. The number of fused-ring (bicyclic) bond motifs is 1. The molecule has 11 heteroatoms. The fraction of sp³-hybridized carbons (Fsp3) is 0.375. The quantitative estimate of drug-likeness (QED) is 0.342. The van der Waals surface area contributed by atoms with Crippen LogP contribution in [0, 0.1) is 6.92 Å². The van der Waals surface area contributed by atoms with Gasteiger partial charge in [-0.05, 0) is 63.8 Å². The van der Waals surface area contributed by atoms with E-state index in [2.05, 4.69) is 25.8 Å². The van der Waals surface area contributed by atoms with Crippen molar-refractivity contribution in [3.05, 3.63) is 53.1 Å². The molecule has 0 bridgehead atoms. The number of hydrogen-bond donors (Lipinski definition) is 3. The first-order valence-electron chi connectivity index (χ1n) is 11.8. The number of pyridine rings is 1. The van der Waals surface area contributed by atoms with E-state index >= 15 is 0 Å². The number of carbonyl (C=O) groups excluding carboxylic acids is 1. The maximum atomic E-state index is 13.5. The lowest BCUT2D eigenvalue weighted by Gasteiger charge is -2.34. The molecule has 1 saturated carbocycles. The highest BCUT2D eigenvalue weighted by Gasteiger charge is 2.45. The van der Waals surface area contributed by atoms with Gasteiger partial charge >= 0.3 is 0 Å². The SMILES string of the molecule is Cc1nc(Cl)ccc1NC(=O)[C@]1(C)CCCN1c1nc(Nc2cc(C3CC3)[nH]n2)c2cccn2n1. The predicted octanol–water partition coefficient (Wildman–Crippen LogP) is 4.43. The second-order valence-corrected chi connectivity index (χ2v) is 9.84. The van der Waals surface area contributed by atoms with Gasteiger partial charge in [0, 0.05) is 30.4 Å². The lowest BCUT2D eigenvalue weighted by Crippen LogP contribution is -2.52. The molecule has 6 rings (SSSR count).